The first-order valence-corrected chi connectivity index (χ1v) is 10.3. The molecule has 0 spiro atoms. The molecule has 1 amide bonds. The highest BCUT2D eigenvalue weighted by atomic mass is 32.1. The molecule has 0 fully saturated rings. The Bertz CT molecular complexity index is 1200. The molecule has 3 aromatic carbocycles. The second-order valence-corrected chi connectivity index (χ2v) is 7.54. The Morgan fingerprint density at radius 1 is 1.10 bits per heavy atom. The Morgan fingerprint density at radius 3 is 2.60 bits per heavy atom. The van der Waals surface area contributed by atoms with Crippen LogP contribution in [0.1, 0.15) is 18.1 Å². The molecule has 30 heavy (non-hydrogen) atoms. The minimum absolute atomic E-state index is 0.283. The molecule has 1 aromatic heterocycles. The Morgan fingerprint density at radius 2 is 1.87 bits per heavy atom. The van der Waals surface area contributed by atoms with Gasteiger partial charge in [-0.1, -0.05) is 53.8 Å². The second kappa shape index (κ2) is 8.88. The number of benzene rings is 3. The van der Waals surface area contributed by atoms with Gasteiger partial charge in [0.15, 0.2) is 5.13 Å². The van der Waals surface area contributed by atoms with Gasteiger partial charge < -0.3 is 4.74 Å². The van der Waals surface area contributed by atoms with Crippen molar-refractivity contribution in [2.75, 3.05) is 11.9 Å². The lowest BCUT2D eigenvalue weighted by atomic mass is 10.0. The van der Waals surface area contributed by atoms with Crippen LogP contribution < -0.4 is 10.1 Å². The van der Waals surface area contributed by atoms with E-state index in [1.54, 1.807) is 6.07 Å². The van der Waals surface area contributed by atoms with Crippen molar-refractivity contribution in [2.45, 2.75) is 6.92 Å². The largest absolute Gasteiger partial charge is 0.494 e. The van der Waals surface area contributed by atoms with E-state index in [2.05, 4.69) is 10.3 Å². The fraction of sp³-hybridized carbons (Fsp3) is 0.0833. The predicted molar refractivity (Wildman–Crippen MR) is 120 cm³/mol. The van der Waals surface area contributed by atoms with Crippen molar-refractivity contribution < 1.29 is 13.9 Å². The Labute approximate surface area is 177 Å². The van der Waals surface area contributed by atoms with Gasteiger partial charge in [-0.15, -0.1) is 0 Å². The number of nitrogens with zero attached hydrogens (tertiary/aromatic N) is 1. The third kappa shape index (κ3) is 4.55. The van der Waals surface area contributed by atoms with Crippen LogP contribution in [-0.2, 0) is 4.79 Å². The first-order chi connectivity index (χ1) is 14.6. The zero-order chi connectivity index (χ0) is 20.9. The molecule has 1 heterocycles. The minimum Gasteiger partial charge on any atom is -0.494 e. The Balaban J connectivity index is 1.65. The van der Waals surface area contributed by atoms with Crippen LogP contribution in [0.3, 0.4) is 0 Å². The smallest absolute Gasteiger partial charge is 0.258 e. The maximum absolute atomic E-state index is 13.5. The number of anilines is 1. The summed E-state index contributed by atoms with van der Waals surface area (Å²) >= 11 is 1.24. The fourth-order valence-electron chi connectivity index (χ4n) is 3.01. The average Bonchev–Trinajstić information content (AvgIpc) is 3.15. The van der Waals surface area contributed by atoms with E-state index in [1.165, 1.54) is 23.5 Å². The van der Waals surface area contributed by atoms with Crippen molar-refractivity contribution in [1.82, 2.24) is 4.98 Å². The maximum Gasteiger partial charge on any atom is 0.258 e. The van der Waals surface area contributed by atoms with E-state index in [0.29, 0.717) is 27.5 Å². The summed E-state index contributed by atoms with van der Waals surface area (Å²) in [5.74, 6) is 0.168. The maximum atomic E-state index is 13.5. The van der Waals surface area contributed by atoms with Crippen LogP contribution in [0.4, 0.5) is 9.52 Å². The van der Waals surface area contributed by atoms with Crippen LogP contribution in [0.15, 0.2) is 72.8 Å². The number of fused-ring (bicyclic) bond motifs is 1. The molecule has 4 nitrogen and oxygen atoms in total. The number of halogens is 1. The van der Waals surface area contributed by atoms with Gasteiger partial charge in [0.2, 0.25) is 0 Å². The Hall–Kier alpha value is -3.51. The van der Waals surface area contributed by atoms with Gasteiger partial charge in [0, 0.05) is 5.57 Å². The summed E-state index contributed by atoms with van der Waals surface area (Å²) in [7, 11) is 0. The van der Waals surface area contributed by atoms with E-state index in [0.717, 1.165) is 16.9 Å². The molecule has 0 bridgehead atoms. The number of ether oxygens (including phenoxy) is 1. The predicted octanol–water partition coefficient (Wildman–Crippen LogP) is 6.01. The standard InChI is InChI=1S/C24H19FN2O2S/c1-2-29-19-11-8-16(9-12-19)14-20(17-6-4-3-5-7-17)23(28)27-24-26-21-13-10-18(25)15-22(21)30-24/h3-15H,2H2,1H3,(H,26,27,28)/b20-14+. The molecule has 0 unspecified atom stereocenters. The van der Waals surface area contributed by atoms with Crippen LogP contribution in [-0.4, -0.2) is 17.5 Å². The fourth-order valence-corrected chi connectivity index (χ4v) is 3.89. The summed E-state index contributed by atoms with van der Waals surface area (Å²) in [6.07, 6.45) is 1.83. The van der Waals surface area contributed by atoms with Gasteiger partial charge in [-0.3, -0.25) is 10.1 Å². The lowest BCUT2D eigenvalue weighted by Crippen LogP contribution is -2.13. The molecule has 0 atom stereocenters. The monoisotopic (exact) mass is 418 g/mol. The summed E-state index contributed by atoms with van der Waals surface area (Å²) in [4.78, 5) is 17.5. The van der Waals surface area contributed by atoms with Crippen molar-refractivity contribution in [3.05, 3.63) is 89.7 Å². The van der Waals surface area contributed by atoms with Gasteiger partial charge in [-0.2, -0.15) is 0 Å². The third-order valence-electron chi connectivity index (χ3n) is 4.40. The first-order valence-electron chi connectivity index (χ1n) is 9.50. The van der Waals surface area contributed by atoms with E-state index in [4.69, 9.17) is 4.74 Å². The normalized spacial score (nSPS) is 11.5. The van der Waals surface area contributed by atoms with Gasteiger partial charge in [0.25, 0.3) is 5.91 Å². The van der Waals surface area contributed by atoms with E-state index < -0.39 is 0 Å². The molecule has 0 aliphatic heterocycles. The highest BCUT2D eigenvalue weighted by molar-refractivity contribution is 7.22. The van der Waals surface area contributed by atoms with E-state index in [-0.39, 0.29) is 11.7 Å². The highest BCUT2D eigenvalue weighted by Crippen LogP contribution is 2.28. The molecule has 0 radical (unpaired) electrons. The second-order valence-electron chi connectivity index (χ2n) is 6.51. The molecule has 4 rings (SSSR count). The molecule has 4 aromatic rings. The molecule has 6 heteroatoms. The highest BCUT2D eigenvalue weighted by Gasteiger charge is 2.15. The SMILES string of the molecule is CCOc1ccc(/C=C(/C(=O)Nc2nc3ccc(F)cc3s2)c2ccccc2)cc1. The topological polar surface area (TPSA) is 51.2 Å². The average molecular weight is 418 g/mol. The molecule has 0 saturated heterocycles. The van der Waals surface area contributed by atoms with E-state index >= 15 is 0 Å². The molecular formula is C24H19FN2O2S. The quantitative estimate of drug-likeness (QED) is 0.308. The zero-order valence-corrected chi connectivity index (χ0v) is 17.1. The number of hydrogen-bond acceptors (Lipinski definition) is 4. The lowest BCUT2D eigenvalue weighted by Gasteiger charge is -2.08. The van der Waals surface area contributed by atoms with Gasteiger partial charge in [0.05, 0.1) is 16.8 Å². The number of carbonyl (C=O) groups excluding carboxylic acids is 1. The molecule has 0 aliphatic rings. The Kier molecular flexibility index (Phi) is 5.86. The molecule has 1 N–H and O–H groups in total. The van der Waals surface area contributed by atoms with Crippen LogP contribution in [0.25, 0.3) is 21.9 Å². The van der Waals surface area contributed by atoms with Crippen LogP contribution in [0, 0.1) is 5.82 Å². The summed E-state index contributed by atoms with van der Waals surface area (Å²) in [5.41, 5.74) is 2.81. The molecule has 0 aliphatic carbocycles. The number of aromatic nitrogens is 1. The molecule has 0 saturated carbocycles. The van der Waals surface area contributed by atoms with Crippen LogP contribution >= 0.6 is 11.3 Å². The number of amides is 1. The zero-order valence-electron chi connectivity index (χ0n) is 16.3. The number of carbonyl (C=O) groups is 1. The summed E-state index contributed by atoms with van der Waals surface area (Å²) in [6.45, 7) is 2.53. The van der Waals surface area contributed by atoms with Crippen LogP contribution in [0.2, 0.25) is 0 Å². The number of thiazole rings is 1. The van der Waals surface area contributed by atoms with Gasteiger partial charge in [-0.25, -0.2) is 9.37 Å². The van der Waals surface area contributed by atoms with Crippen molar-refractivity contribution in [1.29, 1.82) is 0 Å². The third-order valence-corrected chi connectivity index (χ3v) is 5.34. The number of rotatable bonds is 6. The van der Waals surface area contributed by atoms with Crippen LogP contribution in [0.5, 0.6) is 5.75 Å². The minimum atomic E-state index is -0.329. The summed E-state index contributed by atoms with van der Waals surface area (Å²) in [5, 5.41) is 3.28. The van der Waals surface area contributed by atoms with E-state index in [9.17, 15) is 9.18 Å². The van der Waals surface area contributed by atoms with Crippen molar-refractivity contribution >= 4 is 44.2 Å². The molecule has 150 valence electrons. The summed E-state index contributed by atoms with van der Waals surface area (Å²) < 4.78 is 19.6. The van der Waals surface area contributed by atoms with Crippen molar-refractivity contribution in [3.63, 3.8) is 0 Å². The first kappa shape index (κ1) is 19.8. The molecular weight excluding hydrogens is 399 g/mol. The van der Waals surface area contributed by atoms with Gasteiger partial charge in [0.1, 0.15) is 11.6 Å². The lowest BCUT2D eigenvalue weighted by molar-refractivity contribution is -0.111. The van der Waals surface area contributed by atoms with Crippen molar-refractivity contribution in [3.8, 4) is 5.75 Å². The number of nitrogens with one attached hydrogen (secondary N) is 1. The van der Waals surface area contributed by atoms with E-state index in [1.807, 2.05) is 67.6 Å². The van der Waals surface area contributed by atoms with Gasteiger partial charge >= 0.3 is 0 Å². The summed E-state index contributed by atoms with van der Waals surface area (Å²) in [6, 6.07) is 21.4. The number of hydrogen-bond donors (Lipinski definition) is 1. The van der Waals surface area contributed by atoms with Gasteiger partial charge in [-0.05, 0) is 54.5 Å². The van der Waals surface area contributed by atoms with Crippen molar-refractivity contribution in [2.24, 2.45) is 0 Å².